The minimum absolute atomic E-state index is 0.00571. The number of carbonyl (C=O) groups excluding carboxylic acids is 2. The van der Waals surface area contributed by atoms with Gasteiger partial charge in [0, 0.05) is 19.5 Å². The number of hydrogen-bond donors (Lipinski definition) is 2. The Bertz CT molecular complexity index is 612. The molecule has 0 spiro atoms. The minimum Gasteiger partial charge on any atom is -0.354 e. The summed E-state index contributed by atoms with van der Waals surface area (Å²) in [5.41, 5.74) is 2.13. The maximum atomic E-state index is 11.7. The molecular formula is C19H22N2O2. The van der Waals surface area contributed by atoms with Crippen LogP contribution in [0.3, 0.4) is 0 Å². The lowest BCUT2D eigenvalue weighted by Gasteiger charge is -2.07. The molecule has 0 aliphatic heterocycles. The van der Waals surface area contributed by atoms with Crippen LogP contribution < -0.4 is 10.6 Å². The zero-order valence-electron chi connectivity index (χ0n) is 13.1. The van der Waals surface area contributed by atoms with Gasteiger partial charge in [0.15, 0.2) is 0 Å². The normalized spacial score (nSPS) is 10.1. The number of carbonyl (C=O) groups is 2. The van der Waals surface area contributed by atoms with E-state index < -0.39 is 0 Å². The van der Waals surface area contributed by atoms with Crippen LogP contribution in [-0.2, 0) is 22.4 Å². The second-order valence-electron chi connectivity index (χ2n) is 5.35. The molecule has 2 rings (SSSR count). The Labute approximate surface area is 136 Å². The molecule has 0 saturated carbocycles. The zero-order valence-corrected chi connectivity index (χ0v) is 13.1. The van der Waals surface area contributed by atoms with Crippen molar-refractivity contribution in [3.05, 3.63) is 71.8 Å². The lowest BCUT2D eigenvalue weighted by molar-refractivity contribution is -0.122. The third kappa shape index (κ3) is 6.78. The molecule has 4 nitrogen and oxygen atoms in total. The Hall–Kier alpha value is -2.62. The van der Waals surface area contributed by atoms with Crippen LogP contribution >= 0.6 is 0 Å². The van der Waals surface area contributed by atoms with Crippen molar-refractivity contribution < 1.29 is 9.59 Å². The summed E-state index contributed by atoms with van der Waals surface area (Å²) in [6, 6.07) is 19.5. The quantitative estimate of drug-likeness (QED) is 0.734. The first-order chi connectivity index (χ1) is 11.2. The summed E-state index contributed by atoms with van der Waals surface area (Å²) < 4.78 is 0. The monoisotopic (exact) mass is 310 g/mol. The Morgan fingerprint density at radius 1 is 0.696 bits per heavy atom. The van der Waals surface area contributed by atoms with Crippen LogP contribution in [0.4, 0.5) is 0 Å². The molecule has 0 saturated heterocycles. The van der Waals surface area contributed by atoms with Crippen LogP contribution in [0.25, 0.3) is 0 Å². The smallest absolute Gasteiger partial charge is 0.224 e. The molecule has 2 amide bonds. The SMILES string of the molecule is O=C(CCc1ccccc1)NCCNC(=O)Cc1ccccc1. The summed E-state index contributed by atoms with van der Waals surface area (Å²) in [4.78, 5) is 23.5. The number of rotatable bonds is 8. The second-order valence-corrected chi connectivity index (χ2v) is 5.35. The number of amides is 2. The fourth-order valence-electron chi connectivity index (χ4n) is 2.24. The third-order valence-electron chi connectivity index (χ3n) is 3.46. The summed E-state index contributed by atoms with van der Waals surface area (Å²) in [7, 11) is 0. The van der Waals surface area contributed by atoms with E-state index in [4.69, 9.17) is 0 Å². The molecule has 0 radical (unpaired) electrons. The van der Waals surface area contributed by atoms with E-state index in [0.29, 0.717) is 25.9 Å². The van der Waals surface area contributed by atoms with E-state index in [1.54, 1.807) is 0 Å². The highest BCUT2D eigenvalue weighted by atomic mass is 16.2. The summed E-state index contributed by atoms with van der Waals surface area (Å²) in [5.74, 6) is -0.0269. The largest absolute Gasteiger partial charge is 0.354 e. The van der Waals surface area contributed by atoms with E-state index in [1.165, 1.54) is 0 Å². The molecule has 0 unspecified atom stereocenters. The summed E-state index contributed by atoms with van der Waals surface area (Å²) in [5, 5.41) is 5.63. The molecule has 0 fully saturated rings. The van der Waals surface area contributed by atoms with Crippen LogP contribution in [0.15, 0.2) is 60.7 Å². The highest BCUT2D eigenvalue weighted by Crippen LogP contribution is 2.02. The van der Waals surface area contributed by atoms with Crippen LogP contribution in [0.2, 0.25) is 0 Å². The first-order valence-electron chi connectivity index (χ1n) is 7.85. The molecule has 0 heterocycles. The van der Waals surface area contributed by atoms with Gasteiger partial charge in [0.2, 0.25) is 11.8 Å². The number of aryl methyl sites for hydroxylation is 1. The maximum absolute atomic E-state index is 11.7. The third-order valence-corrected chi connectivity index (χ3v) is 3.46. The Morgan fingerprint density at radius 3 is 1.83 bits per heavy atom. The highest BCUT2D eigenvalue weighted by Gasteiger charge is 2.04. The van der Waals surface area contributed by atoms with Crippen LogP contribution in [-0.4, -0.2) is 24.9 Å². The topological polar surface area (TPSA) is 58.2 Å². The summed E-state index contributed by atoms with van der Waals surface area (Å²) >= 11 is 0. The average Bonchev–Trinajstić information content (AvgIpc) is 2.59. The second kappa shape index (κ2) is 9.41. The molecule has 0 aliphatic carbocycles. The maximum Gasteiger partial charge on any atom is 0.224 e. The van der Waals surface area contributed by atoms with Gasteiger partial charge in [0.1, 0.15) is 0 Å². The van der Waals surface area contributed by atoms with E-state index >= 15 is 0 Å². The number of nitrogens with one attached hydrogen (secondary N) is 2. The van der Waals surface area contributed by atoms with Crippen molar-refractivity contribution in [1.29, 1.82) is 0 Å². The molecule has 0 atom stereocenters. The van der Waals surface area contributed by atoms with Gasteiger partial charge in [-0.1, -0.05) is 60.7 Å². The van der Waals surface area contributed by atoms with Gasteiger partial charge in [0.05, 0.1) is 6.42 Å². The predicted molar refractivity (Wildman–Crippen MR) is 90.9 cm³/mol. The molecule has 120 valence electrons. The molecule has 0 aliphatic rings. The zero-order chi connectivity index (χ0) is 16.3. The van der Waals surface area contributed by atoms with Gasteiger partial charge in [-0.25, -0.2) is 0 Å². The molecular weight excluding hydrogens is 288 g/mol. The first kappa shape index (κ1) is 16.7. The van der Waals surface area contributed by atoms with Crippen molar-refractivity contribution in [3.63, 3.8) is 0 Å². The van der Waals surface area contributed by atoms with Crippen LogP contribution in [0, 0.1) is 0 Å². The van der Waals surface area contributed by atoms with Crippen molar-refractivity contribution in [2.75, 3.05) is 13.1 Å². The van der Waals surface area contributed by atoms with Gasteiger partial charge in [-0.2, -0.15) is 0 Å². The van der Waals surface area contributed by atoms with Gasteiger partial charge in [-0.05, 0) is 17.5 Å². The highest BCUT2D eigenvalue weighted by molar-refractivity contribution is 5.79. The van der Waals surface area contributed by atoms with Crippen LogP contribution in [0.5, 0.6) is 0 Å². The first-order valence-corrected chi connectivity index (χ1v) is 7.85. The molecule has 23 heavy (non-hydrogen) atoms. The van der Waals surface area contributed by atoms with E-state index in [2.05, 4.69) is 10.6 Å². The molecule has 2 aromatic rings. The van der Waals surface area contributed by atoms with Gasteiger partial charge in [0.25, 0.3) is 0 Å². The number of benzene rings is 2. The van der Waals surface area contributed by atoms with Crippen molar-refractivity contribution >= 4 is 11.8 Å². The van der Waals surface area contributed by atoms with E-state index in [1.807, 2.05) is 60.7 Å². The summed E-state index contributed by atoms with van der Waals surface area (Å²) in [6.07, 6.45) is 1.55. The van der Waals surface area contributed by atoms with Crippen molar-refractivity contribution in [3.8, 4) is 0 Å². The van der Waals surface area contributed by atoms with Crippen molar-refractivity contribution in [1.82, 2.24) is 10.6 Å². The van der Waals surface area contributed by atoms with Gasteiger partial charge in [-0.15, -0.1) is 0 Å². The fourth-order valence-corrected chi connectivity index (χ4v) is 2.24. The minimum atomic E-state index is -0.0327. The Morgan fingerprint density at radius 2 is 1.22 bits per heavy atom. The van der Waals surface area contributed by atoms with Gasteiger partial charge >= 0.3 is 0 Å². The molecule has 0 bridgehead atoms. The van der Waals surface area contributed by atoms with Crippen LogP contribution in [0.1, 0.15) is 17.5 Å². The Kier molecular flexibility index (Phi) is 6.85. The van der Waals surface area contributed by atoms with Gasteiger partial charge in [-0.3, -0.25) is 9.59 Å². The molecule has 2 aromatic carbocycles. The van der Waals surface area contributed by atoms with E-state index in [9.17, 15) is 9.59 Å². The number of hydrogen-bond acceptors (Lipinski definition) is 2. The predicted octanol–water partition coefficient (Wildman–Crippen LogP) is 2.09. The molecule has 0 aromatic heterocycles. The lowest BCUT2D eigenvalue weighted by Crippen LogP contribution is -2.35. The average molecular weight is 310 g/mol. The van der Waals surface area contributed by atoms with Crippen molar-refractivity contribution in [2.45, 2.75) is 19.3 Å². The Balaban J connectivity index is 1.56. The van der Waals surface area contributed by atoms with Gasteiger partial charge < -0.3 is 10.6 Å². The fraction of sp³-hybridized carbons (Fsp3) is 0.263. The lowest BCUT2D eigenvalue weighted by atomic mass is 10.1. The summed E-state index contributed by atoms with van der Waals surface area (Å²) in [6.45, 7) is 0.900. The molecule has 2 N–H and O–H groups in total. The van der Waals surface area contributed by atoms with E-state index in [-0.39, 0.29) is 11.8 Å². The van der Waals surface area contributed by atoms with Crippen molar-refractivity contribution in [2.24, 2.45) is 0 Å². The van der Waals surface area contributed by atoms with E-state index in [0.717, 1.165) is 17.5 Å². The standard InChI is InChI=1S/C19H22N2O2/c22-18(12-11-16-7-3-1-4-8-16)20-13-14-21-19(23)15-17-9-5-2-6-10-17/h1-10H,11-15H2,(H,20,22)(H,21,23). The molecule has 4 heteroatoms.